The van der Waals surface area contributed by atoms with E-state index in [0.717, 1.165) is 32.3 Å². The molecule has 2 atom stereocenters. The summed E-state index contributed by atoms with van der Waals surface area (Å²) in [6.07, 6.45) is 1.06. The van der Waals surface area contributed by atoms with Crippen LogP contribution < -0.4 is 5.73 Å². The van der Waals surface area contributed by atoms with Gasteiger partial charge in [-0.05, 0) is 24.1 Å². The second-order valence-corrected chi connectivity index (χ2v) is 8.15. The van der Waals surface area contributed by atoms with Crippen molar-refractivity contribution < 1.29 is 5.73 Å². The number of hydrogen-bond donors (Lipinski definition) is 1. The van der Waals surface area contributed by atoms with Crippen molar-refractivity contribution in [3.05, 3.63) is 40.7 Å². The van der Waals surface area contributed by atoms with Crippen molar-refractivity contribution in [3.63, 3.8) is 0 Å². The Hall–Kier alpha value is -1.15. The summed E-state index contributed by atoms with van der Waals surface area (Å²) in [4.78, 5) is 0.825. The third kappa shape index (κ3) is 3.68. The minimum Gasteiger partial charge on any atom is -0.348 e. The summed E-state index contributed by atoms with van der Waals surface area (Å²) in [5.41, 5.74) is 5.42. The van der Waals surface area contributed by atoms with Gasteiger partial charge in [-0.2, -0.15) is 4.52 Å². The van der Waals surface area contributed by atoms with E-state index < -0.39 is 0 Å². The van der Waals surface area contributed by atoms with Gasteiger partial charge in [-0.1, -0.05) is 60.7 Å². The van der Waals surface area contributed by atoms with Crippen LogP contribution in [0.4, 0.5) is 0 Å². The van der Waals surface area contributed by atoms with Gasteiger partial charge in [-0.25, -0.2) is 0 Å². The second-order valence-electron chi connectivity index (χ2n) is 5.53. The van der Waals surface area contributed by atoms with E-state index in [0.29, 0.717) is 5.92 Å². The Morgan fingerprint density at radius 1 is 1.39 bits per heavy atom. The largest absolute Gasteiger partial charge is 0.348 e. The molecule has 0 aliphatic heterocycles. The maximum absolute atomic E-state index is 6.02. The van der Waals surface area contributed by atoms with Gasteiger partial charge in [0.1, 0.15) is 6.04 Å². The number of hydrogen-bond acceptors (Lipinski definition) is 5. The summed E-state index contributed by atoms with van der Waals surface area (Å²) >= 11 is 9.27. The van der Waals surface area contributed by atoms with Gasteiger partial charge < -0.3 is 5.73 Å². The molecule has 8 heteroatoms. The molecule has 0 saturated heterocycles. The van der Waals surface area contributed by atoms with Crippen LogP contribution in [0.3, 0.4) is 0 Å². The van der Waals surface area contributed by atoms with E-state index in [2.05, 4.69) is 40.9 Å². The Balaban J connectivity index is 1.77. The predicted octanol–water partition coefficient (Wildman–Crippen LogP) is 3.46. The standard InChI is InChI=1S/C15H18ClN5S2/c1-3-9(2)12(17)13-18-19-14-21(13)20-15(23-14)22-8-10-5-4-6-11(16)7-10/h4-7,9,12H,3,8,17H2,1-2H3/p+1/t9-,12-/m0/s1. The minimum atomic E-state index is 0.0999. The molecule has 122 valence electrons. The van der Waals surface area contributed by atoms with E-state index in [9.17, 15) is 0 Å². The zero-order chi connectivity index (χ0) is 16.4. The zero-order valence-electron chi connectivity index (χ0n) is 13.1. The monoisotopic (exact) mass is 368 g/mol. The molecule has 0 bridgehead atoms. The molecule has 0 saturated carbocycles. The number of nitrogens with zero attached hydrogens (tertiary/aromatic N) is 4. The molecule has 3 aromatic rings. The van der Waals surface area contributed by atoms with Crippen LogP contribution in [0, 0.1) is 5.92 Å². The number of rotatable bonds is 6. The molecule has 23 heavy (non-hydrogen) atoms. The summed E-state index contributed by atoms with van der Waals surface area (Å²) in [5.74, 6) is 2.13. The van der Waals surface area contributed by atoms with E-state index in [4.69, 9.17) is 11.6 Å². The average molecular weight is 369 g/mol. The van der Waals surface area contributed by atoms with E-state index >= 15 is 0 Å². The molecule has 0 aliphatic rings. The minimum absolute atomic E-state index is 0.0999. The zero-order valence-corrected chi connectivity index (χ0v) is 15.5. The maximum atomic E-state index is 6.02. The van der Waals surface area contributed by atoms with Crippen LogP contribution >= 0.6 is 34.7 Å². The smallest absolute Gasteiger partial charge is 0.235 e. The van der Waals surface area contributed by atoms with Crippen molar-refractivity contribution in [1.29, 1.82) is 0 Å². The number of thioether (sulfide) groups is 1. The molecule has 1 aromatic carbocycles. The van der Waals surface area contributed by atoms with Crippen molar-refractivity contribution in [2.24, 2.45) is 5.92 Å². The van der Waals surface area contributed by atoms with E-state index in [-0.39, 0.29) is 6.04 Å². The summed E-state index contributed by atoms with van der Waals surface area (Å²) < 4.78 is 2.82. The fourth-order valence-corrected chi connectivity index (χ4v) is 4.25. The molecule has 0 aliphatic carbocycles. The summed E-state index contributed by atoms with van der Waals surface area (Å²) in [5, 5.41) is 13.9. The Kier molecular flexibility index (Phi) is 5.21. The maximum Gasteiger partial charge on any atom is 0.235 e. The second kappa shape index (κ2) is 7.17. The SMILES string of the molecule is CC[C@H](C)[C@H]([NH3+])c1nnc2sc(SCc3cccc(Cl)c3)nn12. The highest BCUT2D eigenvalue weighted by Crippen LogP contribution is 2.29. The van der Waals surface area contributed by atoms with Gasteiger partial charge in [0.05, 0.1) is 0 Å². The molecule has 0 amide bonds. The number of halogens is 1. The lowest BCUT2D eigenvalue weighted by atomic mass is 10.00. The first kappa shape index (κ1) is 16.7. The topological polar surface area (TPSA) is 70.7 Å². The third-order valence-corrected chi connectivity index (χ3v) is 6.25. The number of quaternary nitrogens is 1. The molecular weight excluding hydrogens is 350 g/mol. The van der Waals surface area contributed by atoms with Gasteiger partial charge in [0, 0.05) is 16.7 Å². The van der Waals surface area contributed by atoms with E-state index in [1.807, 2.05) is 22.7 Å². The lowest BCUT2D eigenvalue weighted by molar-refractivity contribution is -0.441. The third-order valence-electron chi connectivity index (χ3n) is 3.91. The van der Waals surface area contributed by atoms with Crippen LogP contribution in [0.1, 0.15) is 37.7 Å². The van der Waals surface area contributed by atoms with Gasteiger partial charge in [0.25, 0.3) is 0 Å². The highest BCUT2D eigenvalue weighted by Gasteiger charge is 2.24. The van der Waals surface area contributed by atoms with Gasteiger partial charge in [0.2, 0.25) is 10.8 Å². The van der Waals surface area contributed by atoms with Crippen molar-refractivity contribution in [2.75, 3.05) is 0 Å². The molecular formula is C15H19ClN5S2+. The molecule has 0 fully saturated rings. The number of fused-ring (bicyclic) bond motifs is 1. The van der Waals surface area contributed by atoms with Crippen LogP contribution in [0.2, 0.25) is 5.02 Å². The quantitative estimate of drug-likeness (QED) is 0.676. The van der Waals surface area contributed by atoms with Crippen molar-refractivity contribution >= 4 is 39.7 Å². The summed E-state index contributed by atoms with van der Waals surface area (Å²) in [7, 11) is 0. The first-order valence-electron chi connectivity index (χ1n) is 7.51. The first-order chi connectivity index (χ1) is 11.1. The van der Waals surface area contributed by atoms with Crippen LogP contribution in [-0.2, 0) is 5.75 Å². The van der Waals surface area contributed by atoms with Gasteiger partial charge in [-0.15, -0.1) is 15.3 Å². The molecule has 0 radical (unpaired) electrons. The van der Waals surface area contributed by atoms with Gasteiger partial charge in [-0.3, -0.25) is 0 Å². The molecule has 3 rings (SSSR count). The van der Waals surface area contributed by atoms with Gasteiger partial charge in [0.15, 0.2) is 4.34 Å². The molecule has 5 nitrogen and oxygen atoms in total. The normalized spacial score (nSPS) is 14.3. The molecule has 3 N–H and O–H groups in total. The highest BCUT2D eigenvalue weighted by atomic mass is 35.5. The Labute approximate surface area is 148 Å². The lowest BCUT2D eigenvalue weighted by Gasteiger charge is -2.11. The Morgan fingerprint density at radius 2 is 2.22 bits per heavy atom. The highest BCUT2D eigenvalue weighted by molar-refractivity contribution is 8.00. The molecule has 2 aromatic heterocycles. The average Bonchev–Trinajstić information content (AvgIpc) is 3.11. The van der Waals surface area contributed by atoms with Gasteiger partial charge >= 0.3 is 0 Å². The summed E-state index contributed by atoms with van der Waals surface area (Å²) in [6.45, 7) is 4.34. The van der Waals surface area contributed by atoms with Crippen LogP contribution in [0.5, 0.6) is 0 Å². The number of benzene rings is 1. The molecule has 2 heterocycles. The van der Waals surface area contributed by atoms with Crippen molar-refractivity contribution in [3.8, 4) is 0 Å². The van der Waals surface area contributed by atoms with Crippen LogP contribution in [0.15, 0.2) is 28.6 Å². The molecule has 0 unspecified atom stereocenters. The predicted molar refractivity (Wildman–Crippen MR) is 94.8 cm³/mol. The Bertz CT molecular complexity index is 800. The van der Waals surface area contributed by atoms with Crippen molar-refractivity contribution in [1.82, 2.24) is 19.8 Å². The van der Waals surface area contributed by atoms with Crippen LogP contribution in [0.25, 0.3) is 4.96 Å². The van der Waals surface area contributed by atoms with Crippen LogP contribution in [-0.4, -0.2) is 19.8 Å². The number of aromatic nitrogens is 4. The lowest BCUT2D eigenvalue weighted by Crippen LogP contribution is -2.57. The fraction of sp³-hybridized carbons (Fsp3) is 0.400. The fourth-order valence-electron chi connectivity index (χ4n) is 2.21. The van der Waals surface area contributed by atoms with E-state index in [1.165, 1.54) is 5.56 Å². The first-order valence-corrected chi connectivity index (χ1v) is 9.69. The van der Waals surface area contributed by atoms with E-state index in [1.54, 1.807) is 23.1 Å². The molecule has 0 spiro atoms. The summed E-state index contributed by atoms with van der Waals surface area (Å²) in [6, 6.07) is 8.00. The van der Waals surface area contributed by atoms with Crippen molar-refractivity contribution in [2.45, 2.75) is 36.4 Å². The Morgan fingerprint density at radius 3 is 2.96 bits per heavy atom.